The lowest BCUT2D eigenvalue weighted by Crippen LogP contribution is -2.17. The molecule has 1 aromatic heterocycles. The zero-order valence-corrected chi connectivity index (χ0v) is 12.5. The van der Waals surface area contributed by atoms with E-state index in [-0.39, 0.29) is 11.7 Å². The van der Waals surface area contributed by atoms with Gasteiger partial charge in [-0.05, 0) is 37.6 Å². The Morgan fingerprint density at radius 2 is 1.71 bits per heavy atom. The fourth-order valence-electron chi connectivity index (χ4n) is 1.84. The molecule has 0 saturated carbocycles. The van der Waals surface area contributed by atoms with Gasteiger partial charge in [-0.1, -0.05) is 12.1 Å². The highest BCUT2D eigenvalue weighted by atomic mass is 32.2. The van der Waals surface area contributed by atoms with Gasteiger partial charge in [0.15, 0.2) is 0 Å². The summed E-state index contributed by atoms with van der Waals surface area (Å²) in [6, 6.07) is 10.1. The molecule has 0 aliphatic rings. The zero-order chi connectivity index (χ0) is 15.5. The predicted molar refractivity (Wildman–Crippen MR) is 78.9 cm³/mol. The van der Waals surface area contributed by atoms with E-state index in [1.807, 2.05) is 6.07 Å². The Hall–Kier alpha value is -2.46. The summed E-state index contributed by atoms with van der Waals surface area (Å²) in [7, 11) is -3.60. The van der Waals surface area contributed by atoms with E-state index in [2.05, 4.69) is 14.7 Å². The summed E-state index contributed by atoms with van der Waals surface area (Å²) in [5.41, 5.74) is 2.46. The van der Waals surface area contributed by atoms with Crippen LogP contribution >= 0.6 is 0 Å². The number of hydrogen-bond donors (Lipinski definition) is 1. The van der Waals surface area contributed by atoms with Gasteiger partial charge in [-0.15, -0.1) is 0 Å². The smallest absolute Gasteiger partial charge is 0.239 e. The molecular weight excluding hydrogens is 288 g/mol. The fraction of sp³-hybridized carbons (Fsp3) is 0.214. The van der Waals surface area contributed by atoms with Crippen LogP contribution in [0.5, 0.6) is 0 Å². The van der Waals surface area contributed by atoms with E-state index in [1.165, 1.54) is 0 Å². The van der Waals surface area contributed by atoms with Crippen LogP contribution in [0, 0.1) is 25.2 Å². The van der Waals surface area contributed by atoms with Crippen LogP contribution in [0.4, 0.5) is 5.95 Å². The number of nitriles is 1. The summed E-state index contributed by atoms with van der Waals surface area (Å²) >= 11 is 0. The third-order valence-corrected chi connectivity index (χ3v) is 3.88. The molecule has 0 radical (unpaired) electrons. The molecule has 21 heavy (non-hydrogen) atoms. The van der Waals surface area contributed by atoms with Crippen LogP contribution in [0.2, 0.25) is 0 Å². The number of nitrogens with zero attached hydrogens (tertiary/aromatic N) is 3. The lowest BCUT2D eigenvalue weighted by Gasteiger charge is -2.08. The average molecular weight is 302 g/mol. The Morgan fingerprint density at radius 3 is 2.24 bits per heavy atom. The Kier molecular flexibility index (Phi) is 4.19. The third-order valence-electron chi connectivity index (χ3n) is 2.67. The summed E-state index contributed by atoms with van der Waals surface area (Å²) in [6.45, 7) is 3.54. The Morgan fingerprint density at radius 1 is 1.14 bits per heavy atom. The minimum Gasteiger partial charge on any atom is -0.251 e. The molecule has 0 unspecified atom stereocenters. The first-order valence-corrected chi connectivity index (χ1v) is 7.85. The van der Waals surface area contributed by atoms with Crippen molar-refractivity contribution in [2.24, 2.45) is 0 Å². The quantitative estimate of drug-likeness (QED) is 0.930. The SMILES string of the molecule is Cc1cc(C)nc(NS(=O)(=O)Cc2ccc(C#N)cc2)n1. The number of rotatable bonds is 4. The summed E-state index contributed by atoms with van der Waals surface area (Å²) in [5, 5.41) is 8.71. The standard InChI is InChI=1S/C14H14N4O2S/c1-10-7-11(2)17-14(16-10)18-21(19,20)9-13-5-3-12(8-15)4-6-13/h3-7H,9H2,1-2H3,(H,16,17,18). The van der Waals surface area contributed by atoms with E-state index in [0.29, 0.717) is 22.5 Å². The van der Waals surface area contributed by atoms with Gasteiger partial charge in [0.05, 0.1) is 17.4 Å². The predicted octanol–water partition coefficient (Wildman–Crippen LogP) is 1.91. The minimum absolute atomic E-state index is 0.0705. The van der Waals surface area contributed by atoms with Gasteiger partial charge in [0.1, 0.15) is 0 Å². The summed E-state index contributed by atoms with van der Waals surface area (Å²) in [5.74, 6) is -0.129. The van der Waals surface area contributed by atoms with E-state index < -0.39 is 10.0 Å². The van der Waals surface area contributed by atoms with Crippen molar-refractivity contribution in [1.82, 2.24) is 9.97 Å². The van der Waals surface area contributed by atoms with Gasteiger partial charge < -0.3 is 0 Å². The van der Waals surface area contributed by atoms with Crippen molar-refractivity contribution in [3.8, 4) is 6.07 Å². The second-order valence-corrected chi connectivity index (χ2v) is 6.37. The van der Waals surface area contributed by atoms with Crippen LogP contribution in [0.1, 0.15) is 22.5 Å². The molecule has 0 bridgehead atoms. The number of nitrogens with one attached hydrogen (secondary N) is 1. The molecule has 2 aromatic rings. The van der Waals surface area contributed by atoms with Gasteiger partial charge in [-0.25, -0.2) is 18.4 Å². The first-order chi connectivity index (χ1) is 9.88. The van der Waals surface area contributed by atoms with Gasteiger partial charge in [0.2, 0.25) is 16.0 Å². The lowest BCUT2D eigenvalue weighted by atomic mass is 10.2. The van der Waals surface area contributed by atoms with Crippen LogP contribution in [0.3, 0.4) is 0 Å². The van der Waals surface area contributed by atoms with Crippen LogP contribution in [0.25, 0.3) is 0 Å². The maximum absolute atomic E-state index is 12.1. The molecule has 0 saturated heterocycles. The van der Waals surface area contributed by atoms with Gasteiger partial charge in [0.25, 0.3) is 0 Å². The highest BCUT2D eigenvalue weighted by Crippen LogP contribution is 2.11. The van der Waals surface area contributed by atoms with Crippen molar-refractivity contribution in [2.45, 2.75) is 19.6 Å². The van der Waals surface area contributed by atoms with E-state index in [1.54, 1.807) is 44.2 Å². The fourth-order valence-corrected chi connectivity index (χ4v) is 2.91. The van der Waals surface area contributed by atoms with Gasteiger partial charge in [0, 0.05) is 11.4 Å². The highest BCUT2D eigenvalue weighted by Gasteiger charge is 2.14. The van der Waals surface area contributed by atoms with Crippen molar-refractivity contribution < 1.29 is 8.42 Å². The number of benzene rings is 1. The number of aromatic nitrogens is 2. The van der Waals surface area contributed by atoms with Crippen LogP contribution < -0.4 is 4.72 Å². The second-order valence-electron chi connectivity index (χ2n) is 4.64. The maximum atomic E-state index is 12.1. The first-order valence-electron chi connectivity index (χ1n) is 6.20. The molecule has 1 aromatic carbocycles. The molecule has 0 aliphatic carbocycles. The Labute approximate surface area is 123 Å². The van der Waals surface area contributed by atoms with E-state index in [4.69, 9.17) is 5.26 Å². The minimum atomic E-state index is -3.60. The highest BCUT2D eigenvalue weighted by molar-refractivity contribution is 7.91. The number of aryl methyl sites for hydroxylation is 2. The van der Waals surface area contributed by atoms with Crippen LogP contribution in [-0.2, 0) is 15.8 Å². The Balaban J connectivity index is 2.16. The number of anilines is 1. The van der Waals surface area contributed by atoms with E-state index in [9.17, 15) is 8.42 Å². The monoisotopic (exact) mass is 302 g/mol. The Bertz CT molecular complexity index is 772. The lowest BCUT2D eigenvalue weighted by molar-refractivity contribution is 0.600. The molecule has 2 rings (SSSR count). The average Bonchev–Trinajstić information content (AvgIpc) is 2.37. The number of hydrogen-bond acceptors (Lipinski definition) is 5. The van der Waals surface area contributed by atoms with Crippen molar-refractivity contribution in [2.75, 3.05) is 4.72 Å². The van der Waals surface area contributed by atoms with Gasteiger partial charge in [-0.3, -0.25) is 4.72 Å². The van der Waals surface area contributed by atoms with Crippen molar-refractivity contribution in [3.05, 3.63) is 52.8 Å². The van der Waals surface area contributed by atoms with Gasteiger partial charge in [-0.2, -0.15) is 5.26 Å². The normalized spacial score (nSPS) is 10.9. The molecular formula is C14H14N4O2S. The molecule has 0 aliphatic heterocycles. The largest absolute Gasteiger partial charge is 0.251 e. The molecule has 0 spiro atoms. The molecule has 1 N–H and O–H groups in total. The first kappa shape index (κ1) is 14.9. The van der Waals surface area contributed by atoms with E-state index in [0.717, 1.165) is 0 Å². The molecule has 0 atom stereocenters. The maximum Gasteiger partial charge on any atom is 0.239 e. The van der Waals surface area contributed by atoms with Crippen molar-refractivity contribution >= 4 is 16.0 Å². The molecule has 7 heteroatoms. The third kappa shape index (κ3) is 4.26. The number of sulfonamides is 1. The molecule has 6 nitrogen and oxygen atoms in total. The van der Waals surface area contributed by atoms with Crippen LogP contribution in [-0.4, -0.2) is 18.4 Å². The molecule has 0 fully saturated rings. The molecule has 108 valence electrons. The van der Waals surface area contributed by atoms with Crippen molar-refractivity contribution in [3.63, 3.8) is 0 Å². The summed E-state index contributed by atoms with van der Waals surface area (Å²) in [4.78, 5) is 8.09. The summed E-state index contributed by atoms with van der Waals surface area (Å²) in [6.07, 6.45) is 0. The van der Waals surface area contributed by atoms with Gasteiger partial charge >= 0.3 is 0 Å². The molecule has 1 heterocycles. The van der Waals surface area contributed by atoms with Crippen molar-refractivity contribution in [1.29, 1.82) is 5.26 Å². The van der Waals surface area contributed by atoms with E-state index >= 15 is 0 Å². The topological polar surface area (TPSA) is 95.7 Å². The summed E-state index contributed by atoms with van der Waals surface area (Å²) < 4.78 is 26.5. The van der Waals surface area contributed by atoms with Crippen LogP contribution in [0.15, 0.2) is 30.3 Å². The molecule has 0 amide bonds. The second kappa shape index (κ2) is 5.89. The zero-order valence-electron chi connectivity index (χ0n) is 11.7.